The standard InChI is InChI=1S/C21H18N4O3/c1-14-11-18(16-9-5-6-10-17(16)23-14)27-13-20(26)22-12-19-24-21(28-25-19)15-7-3-2-4-8-15/h2-11H,12-13H2,1H3,(H,22,26). The van der Waals surface area contributed by atoms with Crippen molar-refractivity contribution in [2.24, 2.45) is 0 Å². The van der Waals surface area contributed by atoms with Gasteiger partial charge in [-0.3, -0.25) is 9.78 Å². The zero-order valence-electron chi connectivity index (χ0n) is 15.3. The van der Waals surface area contributed by atoms with Gasteiger partial charge in [-0.1, -0.05) is 35.5 Å². The van der Waals surface area contributed by atoms with Crippen LogP contribution in [-0.4, -0.2) is 27.6 Å². The van der Waals surface area contributed by atoms with Crippen LogP contribution in [0.2, 0.25) is 0 Å². The lowest BCUT2D eigenvalue weighted by atomic mass is 10.2. The molecule has 0 atom stereocenters. The molecule has 0 aliphatic carbocycles. The van der Waals surface area contributed by atoms with Crippen molar-refractivity contribution >= 4 is 16.8 Å². The number of ether oxygens (including phenoxy) is 1. The molecular weight excluding hydrogens is 356 g/mol. The Morgan fingerprint density at radius 1 is 1.07 bits per heavy atom. The Kier molecular flexibility index (Phi) is 4.97. The third-order valence-corrected chi connectivity index (χ3v) is 4.10. The van der Waals surface area contributed by atoms with Crippen molar-refractivity contribution in [3.05, 3.63) is 72.2 Å². The largest absolute Gasteiger partial charge is 0.483 e. The predicted molar refractivity (Wildman–Crippen MR) is 104 cm³/mol. The van der Waals surface area contributed by atoms with Gasteiger partial charge in [0, 0.05) is 22.7 Å². The first-order chi connectivity index (χ1) is 13.7. The maximum absolute atomic E-state index is 12.1. The summed E-state index contributed by atoms with van der Waals surface area (Å²) in [4.78, 5) is 20.9. The van der Waals surface area contributed by atoms with E-state index in [1.54, 1.807) is 0 Å². The monoisotopic (exact) mass is 374 g/mol. The van der Waals surface area contributed by atoms with Crippen LogP contribution in [0.15, 0.2) is 65.2 Å². The highest BCUT2D eigenvalue weighted by Crippen LogP contribution is 2.25. The Bertz CT molecular complexity index is 1110. The summed E-state index contributed by atoms with van der Waals surface area (Å²) < 4.78 is 10.9. The third-order valence-electron chi connectivity index (χ3n) is 4.10. The molecule has 2 aromatic heterocycles. The lowest BCUT2D eigenvalue weighted by Crippen LogP contribution is -2.28. The molecule has 28 heavy (non-hydrogen) atoms. The fraction of sp³-hybridized carbons (Fsp3) is 0.143. The van der Waals surface area contributed by atoms with E-state index in [4.69, 9.17) is 9.26 Å². The SMILES string of the molecule is Cc1cc(OCC(=O)NCc2noc(-c3ccccc3)n2)c2ccccc2n1. The van der Waals surface area contributed by atoms with Crippen LogP contribution in [0, 0.1) is 6.92 Å². The van der Waals surface area contributed by atoms with Crippen LogP contribution in [0.25, 0.3) is 22.4 Å². The van der Waals surface area contributed by atoms with Gasteiger partial charge < -0.3 is 14.6 Å². The molecule has 140 valence electrons. The van der Waals surface area contributed by atoms with Gasteiger partial charge in [0.1, 0.15) is 5.75 Å². The summed E-state index contributed by atoms with van der Waals surface area (Å²) in [6.45, 7) is 1.94. The zero-order valence-corrected chi connectivity index (χ0v) is 15.3. The molecule has 0 aliphatic rings. The van der Waals surface area contributed by atoms with Crippen molar-refractivity contribution in [1.82, 2.24) is 20.4 Å². The molecule has 4 rings (SSSR count). The van der Waals surface area contributed by atoms with Crippen molar-refractivity contribution in [2.75, 3.05) is 6.61 Å². The lowest BCUT2D eigenvalue weighted by molar-refractivity contribution is -0.123. The number of hydrogen-bond donors (Lipinski definition) is 1. The molecule has 1 N–H and O–H groups in total. The Balaban J connectivity index is 1.35. The second kappa shape index (κ2) is 7.87. The number of aromatic nitrogens is 3. The first-order valence-electron chi connectivity index (χ1n) is 8.83. The van der Waals surface area contributed by atoms with Gasteiger partial charge in [0.15, 0.2) is 12.4 Å². The highest BCUT2D eigenvalue weighted by Gasteiger charge is 2.11. The van der Waals surface area contributed by atoms with E-state index < -0.39 is 0 Å². The van der Waals surface area contributed by atoms with Crippen molar-refractivity contribution in [2.45, 2.75) is 13.5 Å². The summed E-state index contributed by atoms with van der Waals surface area (Å²) in [6.07, 6.45) is 0. The van der Waals surface area contributed by atoms with Crippen molar-refractivity contribution < 1.29 is 14.1 Å². The number of nitrogens with zero attached hydrogens (tertiary/aromatic N) is 3. The molecule has 0 saturated heterocycles. The van der Waals surface area contributed by atoms with Crippen molar-refractivity contribution in [3.8, 4) is 17.2 Å². The van der Waals surface area contributed by atoms with Crippen LogP contribution in [0.4, 0.5) is 0 Å². The predicted octanol–water partition coefficient (Wildman–Crippen LogP) is 3.29. The number of rotatable bonds is 6. The fourth-order valence-electron chi connectivity index (χ4n) is 2.78. The number of aryl methyl sites for hydroxylation is 1. The van der Waals surface area contributed by atoms with E-state index in [1.807, 2.05) is 67.6 Å². The molecule has 2 heterocycles. The first kappa shape index (κ1) is 17.7. The summed E-state index contributed by atoms with van der Waals surface area (Å²) in [5.74, 6) is 1.17. The summed E-state index contributed by atoms with van der Waals surface area (Å²) in [7, 11) is 0. The number of hydrogen-bond acceptors (Lipinski definition) is 6. The quantitative estimate of drug-likeness (QED) is 0.557. The molecule has 4 aromatic rings. The highest BCUT2D eigenvalue weighted by atomic mass is 16.5. The molecule has 1 amide bonds. The minimum atomic E-state index is -0.274. The van der Waals surface area contributed by atoms with Gasteiger partial charge in [-0.2, -0.15) is 4.98 Å². The Morgan fingerprint density at radius 3 is 2.71 bits per heavy atom. The lowest BCUT2D eigenvalue weighted by Gasteiger charge is -2.10. The summed E-state index contributed by atoms with van der Waals surface area (Å²) in [5.41, 5.74) is 2.49. The van der Waals surface area contributed by atoms with E-state index in [0.717, 1.165) is 22.2 Å². The number of pyridine rings is 1. The zero-order chi connectivity index (χ0) is 19.3. The van der Waals surface area contributed by atoms with Gasteiger partial charge in [0.2, 0.25) is 0 Å². The number of nitrogens with one attached hydrogen (secondary N) is 1. The molecule has 0 aliphatic heterocycles. The molecular formula is C21H18N4O3. The minimum Gasteiger partial charge on any atom is -0.483 e. The van der Waals surface area contributed by atoms with Crippen molar-refractivity contribution in [3.63, 3.8) is 0 Å². The topological polar surface area (TPSA) is 90.1 Å². The van der Waals surface area contributed by atoms with E-state index in [9.17, 15) is 4.79 Å². The fourth-order valence-corrected chi connectivity index (χ4v) is 2.78. The first-order valence-corrected chi connectivity index (χ1v) is 8.83. The van der Waals surface area contributed by atoms with Gasteiger partial charge in [0.05, 0.1) is 12.1 Å². The number of carbonyl (C=O) groups is 1. The Hall–Kier alpha value is -3.74. The average Bonchev–Trinajstić information content (AvgIpc) is 3.20. The second-order valence-corrected chi connectivity index (χ2v) is 6.23. The van der Waals surface area contributed by atoms with Crippen LogP contribution in [-0.2, 0) is 11.3 Å². The van der Waals surface area contributed by atoms with E-state index in [2.05, 4.69) is 20.4 Å². The van der Waals surface area contributed by atoms with Crippen molar-refractivity contribution in [1.29, 1.82) is 0 Å². The molecule has 2 aromatic carbocycles. The molecule has 7 nitrogen and oxygen atoms in total. The summed E-state index contributed by atoms with van der Waals surface area (Å²) in [5, 5.41) is 7.48. The number of carbonyl (C=O) groups excluding carboxylic acids is 1. The normalized spacial score (nSPS) is 10.8. The van der Waals surface area contributed by atoms with Crippen LogP contribution in [0.1, 0.15) is 11.5 Å². The van der Waals surface area contributed by atoms with Gasteiger partial charge in [-0.25, -0.2) is 0 Å². The molecule has 7 heteroatoms. The third kappa shape index (κ3) is 3.98. The molecule has 0 unspecified atom stereocenters. The van der Waals surface area contributed by atoms with Crippen LogP contribution in [0.5, 0.6) is 5.75 Å². The van der Waals surface area contributed by atoms with Gasteiger partial charge in [-0.15, -0.1) is 0 Å². The molecule has 0 bridgehead atoms. The maximum atomic E-state index is 12.1. The van der Waals surface area contributed by atoms with E-state index in [0.29, 0.717) is 17.5 Å². The molecule has 0 saturated carbocycles. The Morgan fingerprint density at radius 2 is 1.86 bits per heavy atom. The average molecular weight is 374 g/mol. The number of benzene rings is 2. The van der Waals surface area contributed by atoms with E-state index in [-0.39, 0.29) is 19.1 Å². The molecule has 0 radical (unpaired) electrons. The summed E-state index contributed by atoms with van der Waals surface area (Å²) in [6, 6.07) is 18.9. The highest BCUT2D eigenvalue weighted by molar-refractivity contribution is 5.86. The van der Waals surface area contributed by atoms with Gasteiger partial charge in [0.25, 0.3) is 11.8 Å². The van der Waals surface area contributed by atoms with Crippen LogP contribution < -0.4 is 10.1 Å². The number of fused-ring (bicyclic) bond motifs is 1. The van der Waals surface area contributed by atoms with Gasteiger partial charge >= 0.3 is 0 Å². The number of para-hydroxylation sites is 1. The minimum absolute atomic E-state index is 0.114. The van der Waals surface area contributed by atoms with Gasteiger partial charge in [-0.05, 0) is 31.2 Å². The molecule has 0 spiro atoms. The Labute approximate surface area is 161 Å². The number of amides is 1. The second-order valence-electron chi connectivity index (χ2n) is 6.23. The summed E-state index contributed by atoms with van der Waals surface area (Å²) >= 11 is 0. The van der Waals surface area contributed by atoms with E-state index >= 15 is 0 Å². The maximum Gasteiger partial charge on any atom is 0.258 e. The van der Waals surface area contributed by atoms with Crippen LogP contribution >= 0.6 is 0 Å². The van der Waals surface area contributed by atoms with E-state index in [1.165, 1.54) is 0 Å². The molecule has 0 fully saturated rings. The van der Waals surface area contributed by atoms with Crippen LogP contribution in [0.3, 0.4) is 0 Å². The smallest absolute Gasteiger partial charge is 0.258 e.